The second-order valence-electron chi connectivity index (χ2n) is 5.41. The zero-order chi connectivity index (χ0) is 12.8. The fourth-order valence-corrected chi connectivity index (χ4v) is 2.88. The molecule has 0 fully saturated rings. The fourth-order valence-electron chi connectivity index (χ4n) is 1.86. The van der Waals surface area contributed by atoms with Crippen LogP contribution in [0.2, 0.25) is 0 Å². The third-order valence-corrected chi connectivity index (χ3v) is 4.40. The van der Waals surface area contributed by atoms with Crippen molar-refractivity contribution >= 4 is 22.4 Å². The van der Waals surface area contributed by atoms with E-state index in [0.717, 1.165) is 21.7 Å². The van der Waals surface area contributed by atoms with Crippen LogP contribution in [0.4, 0.5) is 0 Å². The molecule has 3 aromatic heterocycles. The molecule has 2 nitrogen and oxygen atoms in total. The number of fused-ring (bicyclic) bond motifs is 1. The minimum Gasteiger partial charge on any atom is -0.454 e. The molecule has 0 unspecified atom stereocenters. The van der Waals surface area contributed by atoms with Crippen molar-refractivity contribution in [2.45, 2.75) is 26.2 Å². The first-order valence-electron chi connectivity index (χ1n) is 5.99. The van der Waals surface area contributed by atoms with Crippen molar-refractivity contribution in [2.24, 2.45) is 0 Å². The van der Waals surface area contributed by atoms with Crippen LogP contribution in [0, 0.1) is 0 Å². The van der Waals surface area contributed by atoms with Crippen molar-refractivity contribution in [3.63, 3.8) is 0 Å². The predicted molar refractivity (Wildman–Crippen MR) is 76.0 cm³/mol. The van der Waals surface area contributed by atoms with E-state index in [0.29, 0.717) is 0 Å². The molecule has 0 atom stereocenters. The lowest BCUT2D eigenvalue weighted by Crippen LogP contribution is -2.07. The van der Waals surface area contributed by atoms with Gasteiger partial charge in [-0.3, -0.25) is 4.98 Å². The Morgan fingerprint density at radius 2 is 2.00 bits per heavy atom. The Bertz CT molecular complexity index is 655. The lowest BCUT2D eigenvalue weighted by atomic mass is 9.95. The van der Waals surface area contributed by atoms with Crippen molar-refractivity contribution < 1.29 is 4.42 Å². The molecule has 0 amide bonds. The minimum atomic E-state index is 0.188. The number of pyridine rings is 1. The summed E-state index contributed by atoms with van der Waals surface area (Å²) in [6.07, 6.45) is 1.79. The molecule has 3 heterocycles. The van der Waals surface area contributed by atoms with E-state index >= 15 is 0 Å². The van der Waals surface area contributed by atoms with Gasteiger partial charge in [-0.05, 0) is 29.7 Å². The van der Waals surface area contributed by atoms with Gasteiger partial charge in [-0.15, -0.1) is 11.3 Å². The SMILES string of the molecule is CC(C)(C)c1ccc(-c2cc3ncccc3o2)s1. The molecular formula is C15H15NOS. The van der Waals surface area contributed by atoms with E-state index in [1.54, 1.807) is 17.5 Å². The number of thiophene rings is 1. The van der Waals surface area contributed by atoms with E-state index in [2.05, 4.69) is 37.9 Å². The summed E-state index contributed by atoms with van der Waals surface area (Å²) in [7, 11) is 0. The molecule has 3 aromatic rings. The van der Waals surface area contributed by atoms with E-state index in [9.17, 15) is 0 Å². The largest absolute Gasteiger partial charge is 0.454 e. The molecule has 0 bridgehead atoms. The first-order valence-corrected chi connectivity index (χ1v) is 6.81. The van der Waals surface area contributed by atoms with E-state index in [1.165, 1.54) is 4.88 Å². The van der Waals surface area contributed by atoms with Crippen LogP contribution in [0.5, 0.6) is 0 Å². The molecule has 0 N–H and O–H groups in total. The van der Waals surface area contributed by atoms with Gasteiger partial charge in [0.15, 0.2) is 5.58 Å². The topological polar surface area (TPSA) is 26.0 Å². The maximum Gasteiger partial charge on any atom is 0.153 e. The number of hydrogen-bond donors (Lipinski definition) is 0. The molecule has 0 saturated carbocycles. The molecule has 0 spiro atoms. The normalized spacial score (nSPS) is 12.2. The van der Waals surface area contributed by atoms with Gasteiger partial charge in [-0.2, -0.15) is 0 Å². The molecule has 3 rings (SSSR count). The average molecular weight is 257 g/mol. The van der Waals surface area contributed by atoms with Gasteiger partial charge in [-0.1, -0.05) is 20.8 Å². The summed E-state index contributed by atoms with van der Waals surface area (Å²) in [6.45, 7) is 6.68. The van der Waals surface area contributed by atoms with E-state index in [4.69, 9.17) is 4.42 Å². The van der Waals surface area contributed by atoms with E-state index in [-0.39, 0.29) is 5.41 Å². The van der Waals surface area contributed by atoms with Gasteiger partial charge >= 0.3 is 0 Å². The van der Waals surface area contributed by atoms with Gasteiger partial charge in [0.25, 0.3) is 0 Å². The third kappa shape index (κ3) is 1.95. The summed E-state index contributed by atoms with van der Waals surface area (Å²) >= 11 is 1.79. The van der Waals surface area contributed by atoms with Crippen LogP contribution in [0.25, 0.3) is 21.7 Å². The minimum absolute atomic E-state index is 0.188. The van der Waals surface area contributed by atoms with Crippen LogP contribution in [0.1, 0.15) is 25.6 Å². The maximum atomic E-state index is 5.83. The van der Waals surface area contributed by atoms with Gasteiger partial charge in [0.05, 0.1) is 4.88 Å². The number of rotatable bonds is 1. The molecule has 0 aliphatic rings. The Morgan fingerprint density at radius 1 is 1.17 bits per heavy atom. The molecule has 18 heavy (non-hydrogen) atoms. The van der Waals surface area contributed by atoms with Crippen LogP contribution >= 0.6 is 11.3 Å². The van der Waals surface area contributed by atoms with Crippen molar-refractivity contribution in [2.75, 3.05) is 0 Å². The molecule has 3 heteroatoms. The number of nitrogens with zero attached hydrogens (tertiary/aromatic N) is 1. The predicted octanol–water partition coefficient (Wildman–Crippen LogP) is 4.85. The quantitative estimate of drug-likeness (QED) is 0.622. The van der Waals surface area contributed by atoms with Crippen molar-refractivity contribution in [3.8, 4) is 10.6 Å². The second kappa shape index (κ2) is 3.95. The highest BCUT2D eigenvalue weighted by atomic mass is 32.1. The van der Waals surface area contributed by atoms with Gasteiger partial charge in [-0.25, -0.2) is 0 Å². The fraction of sp³-hybridized carbons (Fsp3) is 0.267. The molecular weight excluding hydrogens is 242 g/mol. The smallest absolute Gasteiger partial charge is 0.153 e. The molecule has 0 saturated heterocycles. The zero-order valence-electron chi connectivity index (χ0n) is 10.7. The maximum absolute atomic E-state index is 5.83. The van der Waals surface area contributed by atoms with Crippen LogP contribution in [0.15, 0.2) is 40.9 Å². The summed E-state index contributed by atoms with van der Waals surface area (Å²) in [4.78, 5) is 6.83. The van der Waals surface area contributed by atoms with Crippen LogP contribution in [-0.4, -0.2) is 4.98 Å². The highest BCUT2D eigenvalue weighted by Crippen LogP contribution is 2.36. The molecule has 92 valence electrons. The number of aromatic nitrogens is 1. The van der Waals surface area contributed by atoms with Gasteiger partial charge < -0.3 is 4.42 Å². The summed E-state index contributed by atoms with van der Waals surface area (Å²) in [5.41, 5.74) is 1.95. The first kappa shape index (κ1) is 11.5. The Labute approximate surface area is 110 Å². The molecule has 0 radical (unpaired) electrons. The monoisotopic (exact) mass is 257 g/mol. The summed E-state index contributed by atoms with van der Waals surface area (Å²) in [6, 6.07) is 10.2. The van der Waals surface area contributed by atoms with Crippen molar-refractivity contribution in [1.82, 2.24) is 4.98 Å². The van der Waals surface area contributed by atoms with Crippen LogP contribution < -0.4 is 0 Å². The average Bonchev–Trinajstić information content (AvgIpc) is 2.94. The Kier molecular flexibility index (Phi) is 2.52. The van der Waals surface area contributed by atoms with Crippen molar-refractivity contribution in [3.05, 3.63) is 41.4 Å². The molecule has 0 aliphatic carbocycles. The highest BCUT2D eigenvalue weighted by Gasteiger charge is 2.17. The molecule has 0 aromatic carbocycles. The summed E-state index contributed by atoms with van der Waals surface area (Å²) in [5.74, 6) is 0.907. The Morgan fingerprint density at radius 3 is 2.67 bits per heavy atom. The Balaban J connectivity index is 2.06. The molecule has 0 aliphatic heterocycles. The number of furan rings is 1. The summed E-state index contributed by atoms with van der Waals surface area (Å²) in [5, 5.41) is 0. The standard InChI is InChI=1S/C15H15NOS/c1-15(2,3)14-7-6-13(18-14)12-9-10-11(17-12)5-4-8-16-10/h4-9H,1-3H3. The lowest BCUT2D eigenvalue weighted by molar-refractivity contribution is 0.604. The first-order chi connectivity index (χ1) is 8.54. The highest BCUT2D eigenvalue weighted by molar-refractivity contribution is 7.15. The van der Waals surface area contributed by atoms with Gasteiger partial charge in [0, 0.05) is 17.1 Å². The second-order valence-corrected chi connectivity index (χ2v) is 6.50. The lowest BCUT2D eigenvalue weighted by Gasteiger charge is -2.15. The van der Waals surface area contributed by atoms with E-state index < -0.39 is 0 Å². The Hall–Kier alpha value is -1.61. The van der Waals surface area contributed by atoms with Gasteiger partial charge in [0.2, 0.25) is 0 Å². The van der Waals surface area contributed by atoms with E-state index in [1.807, 2.05) is 18.2 Å². The number of hydrogen-bond acceptors (Lipinski definition) is 3. The van der Waals surface area contributed by atoms with Crippen LogP contribution in [0.3, 0.4) is 0 Å². The van der Waals surface area contributed by atoms with Crippen LogP contribution in [-0.2, 0) is 5.41 Å². The van der Waals surface area contributed by atoms with Gasteiger partial charge in [0.1, 0.15) is 11.3 Å². The zero-order valence-corrected chi connectivity index (χ0v) is 11.5. The van der Waals surface area contributed by atoms with Crippen molar-refractivity contribution in [1.29, 1.82) is 0 Å². The third-order valence-electron chi connectivity index (χ3n) is 2.88. The summed E-state index contributed by atoms with van der Waals surface area (Å²) < 4.78 is 5.83.